The molecule has 0 aromatic carbocycles. The second kappa shape index (κ2) is 6.58. The van der Waals surface area contributed by atoms with Gasteiger partial charge in [-0.1, -0.05) is 13.3 Å². The van der Waals surface area contributed by atoms with E-state index in [2.05, 4.69) is 17.1 Å². The number of ether oxygens (including phenoxy) is 1. The predicted octanol–water partition coefficient (Wildman–Crippen LogP) is 1.49. The maximum absolute atomic E-state index is 5.73. The van der Waals surface area contributed by atoms with Crippen LogP contribution in [0.15, 0.2) is 0 Å². The van der Waals surface area contributed by atoms with Crippen molar-refractivity contribution in [3.8, 4) is 0 Å². The third kappa shape index (κ3) is 3.72. The van der Waals surface area contributed by atoms with E-state index < -0.39 is 0 Å². The Bertz CT molecular complexity index is 192. The highest BCUT2D eigenvalue weighted by Crippen LogP contribution is 2.19. The Balaban J connectivity index is 1.64. The van der Waals surface area contributed by atoms with Crippen LogP contribution in [0, 0.1) is 5.92 Å². The highest BCUT2D eigenvalue weighted by atomic mass is 16.5. The third-order valence-corrected chi connectivity index (χ3v) is 3.95. The zero-order valence-electron chi connectivity index (χ0n) is 10.6. The second-order valence-corrected chi connectivity index (χ2v) is 5.20. The molecule has 0 bridgehead atoms. The first kappa shape index (κ1) is 12.3. The largest absolute Gasteiger partial charge is 0.376 e. The van der Waals surface area contributed by atoms with Gasteiger partial charge in [-0.05, 0) is 31.7 Å². The molecule has 2 fully saturated rings. The van der Waals surface area contributed by atoms with E-state index in [1.165, 1.54) is 45.3 Å². The van der Waals surface area contributed by atoms with E-state index >= 15 is 0 Å². The lowest BCUT2D eigenvalue weighted by Crippen LogP contribution is -2.42. The van der Waals surface area contributed by atoms with E-state index in [-0.39, 0.29) is 0 Å². The summed E-state index contributed by atoms with van der Waals surface area (Å²) in [4.78, 5) is 2.63. The fourth-order valence-electron chi connectivity index (χ4n) is 2.82. The average Bonchev–Trinajstić information content (AvgIpc) is 2.38. The Morgan fingerprint density at radius 2 is 2.38 bits per heavy atom. The molecule has 0 amide bonds. The van der Waals surface area contributed by atoms with Crippen LogP contribution in [-0.2, 0) is 4.74 Å². The summed E-state index contributed by atoms with van der Waals surface area (Å²) in [6.07, 6.45) is 5.83. The van der Waals surface area contributed by atoms with Crippen molar-refractivity contribution in [3.63, 3.8) is 0 Å². The molecule has 0 aromatic heterocycles. The van der Waals surface area contributed by atoms with E-state index in [4.69, 9.17) is 4.74 Å². The zero-order valence-corrected chi connectivity index (χ0v) is 10.6. The molecule has 2 atom stereocenters. The molecule has 3 nitrogen and oxygen atoms in total. The first-order valence-corrected chi connectivity index (χ1v) is 6.93. The summed E-state index contributed by atoms with van der Waals surface area (Å²) in [5.74, 6) is 0.944. The fourth-order valence-corrected chi connectivity index (χ4v) is 2.82. The molecule has 94 valence electrons. The number of hydrogen-bond acceptors (Lipinski definition) is 3. The smallest absolute Gasteiger partial charge is 0.0712 e. The first-order valence-electron chi connectivity index (χ1n) is 6.93. The van der Waals surface area contributed by atoms with Gasteiger partial charge in [0.05, 0.1) is 12.7 Å². The molecule has 0 saturated carbocycles. The second-order valence-electron chi connectivity index (χ2n) is 5.20. The number of nitrogens with zero attached hydrogens (tertiary/aromatic N) is 1. The molecule has 0 aliphatic carbocycles. The molecule has 2 aliphatic rings. The molecule has 2 saturated heterocycles. The molecule has 0 radical (unpaired) electrons. The van der Waals surface area contributed by atoms with Crippen molar-refractivity contribution in [3.05, 3.63) is 0 Å². The molecule has 16 heavy (non-hydrogen) atoms. The van der Waals surface area contributed by atoms with Crippen LogP contribution >= 0.6 is 0 Å². The van der Waals surface area contributed by atoms with Gasteiger partial charge in [-0.25, -0.2) is 0 Å². The van der Waals surface area contributed by atoms with Gasteiger partial charge in [0, 0.05) is 26.2 Å². The molecule has 2 unspecified atom stereocenters. The van der Waals surface area contributed by atoms with Gasteiger partial charge in [-0.3, -0.25) is 0 Å². The molecule has 0 aromatic rings. The fraction of sp³-hybridized carbons (Fsp3) is 1.00. The summed E-state index contributed by atoms with van der Waals surface area (Å²) >= 11 is 0. The van der Waals surface area contributed by atoms with Gasteiger partial charge in [-0.15, -0.1) is 0 Å². The van der Waals surface area contributed by atoms with Crippen LogP contribution in [-0.4, -0.2) is 50.3 Å². The van der Waals surface area contributed by atoms with E-state index in [1.807, 2.05) is 0 Å². The summed E-state index contributed by atoms with van der Waals surface area (Å²) in [7, 11) is 0. The van der Waals surface area contributed by atoms with Crippen LogP contribution in [0.1, 0.15) is 32.6 Å². The number of likely N-dealkylation sites (tertiary alicyclic amines) is 1. The lowest BCUT2D eigenvalue weighted by Gasteiger charge is -2.33. The lowest BCUT2D eigenvalue weighted by atomic mass is 9.95. The van der Waals surface area contributed by atoms with E-state index in [0.29, 0.717) is 6.10 Å². The van der Waals surface area contributed by atoms with Gasteiger partial charge in [0.2, 0.25) is 0 Å². The van der Waals surface area contributed by atoms with Gasteiger partial charge >= 0.3 is 0 Å². The average molecular weight is 226 g/mol. The van der Waals surface area contributed by atoms with Crippen molar-refractivity contribution >= 4 is 0 Å². The van der Waals surface area contributed by atoms with Gasteiger partial charge in [0.25, 0.3) is 0 Å². The molecule has 2 heterocycles. The minimum atomic E-state index is 0.454. The lowest BCUT2D eigenvalue weighted by molar-refractivity contribution is 0.0145. The van der Waals surface area contributed by atoms with Crippen molar-refractivity contribution in [2.24, 2.45) is 5.92 Å². The summed E-state index contributed by atoms with van der Waals surface area (Å²) in [5.41, 5.74) is 0. The van der Waals surface area contributed by atoms with Crippen LogP contribution < -0.4 is 5.32 Å². The van der Waals surface area contributed by atoms with Crippen molar-refractivity contribution in [2.45, 2.75) is 38.7 Å². The Kier molecular flexibility index (Phi) is 5.07. The van der Waals surface area contributed by atoms with Crippen molar-refractivity contribution in [2.75, 3.05) is 39.3 Å². The van der Waals surface area contributed by atoms with Crippen molar-refractivity contribution in [1.82, 2.24) is 10.2 Å². The van der Waals surface area contributed by atoms with Crippen molar-refractivity contribution < 1.29 is 4.74 Å². The van der Waals surface area contributed by atoms with Crippen molar-refractivity contribution in [1.29, 1.82) is 0 Å². The summed E-state index contributed by atoms with van der Waals surface area (Å²) in [5, 5.41) is 3.40. The molecular formula is C13H26N2O. The monoisotopic (exact) mass is 226 g/mol. The number of nitrogens with one attached hydrogen (secondary N) is 1. The predicted molar refractivity (Wildman–Crippen MR) is 66.7 cm³/mol. The number of hydrogen-bond donors (Lipinski definition) is 1. The maximum atomic E-state index is 5.73. The Hall–Kier alpha value is -0.120. The normalized spacial score (nSPS) is 32.8. The molecule has 2 rings (SSSR count). The topological polar surface area (TPSA) is 24.5 Å². The number of piperidine rings is 1. The molecular weight excluding hydrogens is 200 g/mol. The number of morpholine rings is 1. The Morgan fingerprint density at radius 3 is 3.12 bits per heavy atom. The van der Waals surface area contributed by atoms with E-state index in [1.54, 1.807) is 0 Å². The van der Waals surface area contributed by atoms with Crippen LogP contribution in [0.5, 0.6) is 0 Å². The zero-order chi connectivity index (χ0) is 11.2. The minimum Gasteiger partial charge on any atom is -0.376 e. The summed E-state index contributed by atoms with van der Waals surface area (Å²) in [6, 6.07) is 0. The van der Waals surface area contributed by atoms with E-state index in [9.17, 15) is 0 Å². The molecule has 3 heteroatoms. The third-order valence-electron chi connectivity index (χ3n) is 3.95. The van der Waals surface area contributed by atoms with Crippen LogP contribution in [0.2, 0.25) is 0 Å². The SMILES string of the molecule is CCC1CCCN(CCC2CNCCO2)C1. The molecule has 0 spiro atoms. The molecule has 1 N–H and O–H groups in total. The van der Waals surface area contributed by atoms with Crippen LogP contribution in [0.3, 0.4) is 0 Å². The highest BCUT2D eigenvalue weighted by molar-refractivity contribution is 4.74. The number of rotatable bonds is 4. The Morgan fingerprint density at radius 1 is 1.44 bits per heavy atom. The first-order chi connectivity index (χ1) is 7.88. The quantitative estimate of drug-likeness (QED) is 0.786. The van der Waals surface area contributed by atoms with Gasteiger partial charge in [0.15, 0.2) is 0 Å². The maximum Gasteiger partial charge on any atom is 0.0712 e. The summed E-state index contributed by atoms with van der Waals surface area (Å²) < 4.78 is 5.73. The minimum absolute atomic E-state index is 0.454. The van der Waals surface area contributed by atoms with Gasteiger partial charge in [0.1, 0.15) is 0 Å². The van der Waals surface area contributed by atoms with Gasteiger partial charge in [-0.2, -0.15) is 0 Å². The van der Waals surface area contributed by atoms with E-state index in [0.717, 1.165) is 25.6 Å². The molecule has 2 aliphatic heterocycles. The van der Waals surface area contributed by atoms with Crippen LogP contribution in [0.4, 0.5) is 0 Å². The van der Waals surface area contributed by atoms with Crippen LogP contribution in [0.25, 0.3) is 0 Å². The standard InChI is InChI=1S/C13H26N2O/c1-2-12-4-3-7-15(11-12)8-5-13-10-14-6-9-16-13/h12-14H,2-11H2,1H3. The Labute approximate surface area is 99.5 Å². The summed E-state index contributed by atoms with van der Waals surface area (Å²) in [6.45, 7) is 9.13. The highest BCUT2D eigenvalue weighted by Gasteiger charge is 2.20. The van der Waals surface area contributed by atoms with Gasteiger partial charge < -0.3 is 15.0 Å².